The second-order valence-electron chi connectivity index (χ2n) is 6.61. The van der Waals surface area contributed by atoms with E-state index >= 15 is 0 Å². The van der Waals surface area contributed by atoms with E-state index in [9.17, 15) is 0 Å². The van der Waals surface area contributed by atoms with Gasteiger partial charge in [0.25, 0.3) is 0 Å². The van der Waals surface area contributed by atoms with Crippen LogP contribution in [0.3, 0.4) is 0 Å². The Morgan fingerprint density at radius 2 is 2.00 bits per heavy atom. The minimum Gasteiger partial charge on any atom is -0.373 e. The molecular formula is C19H29NO. The fourth-order valence-electron chi connectivity index (χ4n) is 4.14. The third-order valence-electron chi connectivity index (χ3n) is 5.23. The first-order chi connectivity index (χ1) is 10.4. The summed E-state index contributed by atoms with van der Waals surface area (Å²) in [6.45, 7) is 4.21. The second-order valence-corrected chi connectivity index (χ2v) is 6.61. The lowest BCUT2D eigenvalue weighted by atomic mass is 9.85. The Kier molecular flexibility index (Phi) is 5.32. The molecule has 2 aliphatic rings. The number of rotatable bonds is 4. The third-order valence-corrected chi connectivity index (χ3v) is 5.23. The Bertz CT molecular complexity index is 445. The molecule has 3 atom stereocenters. The standard InChI is InChI=1S/C19H29NO/c1-2-20-18-11-5-3-4-9-16(18)14-19-17-10-7-6-8-15(17)12-13-21-19/h6-8,10,16,18-20H,2-5,9,11-14H2,1H3. The zero-order valence-electron chi connectivity index (χ0n) is 13.3. The fraction of sp³-hybridized carbons (Fsp3) is 0.684. The molecule has 0 amide bonds. The maximum absolute atomic E-state index is 6.15. The van der Waals surface area contributed by atoms with Gasteiger partial charge in [-0.15, -0.1) is 0 Å². The Balaban J connectivity index is 1.72. The highest BCUT2D eigenvalue weighted by Gasteiger charge is 2.29. The molecule has 2 nitrogen and oxygen atoms in total. The van der Waals surface area contributed by atoms with Crippen LogP contribution in [-0.2, 0) is 11.2 Å². The van der Waals surface area contributed by atoms with Crippen LogP contribution in [0.5, 0.6) is 0 Å². The van der Waals surface area contributed by atoms with Gasteiger partial charge in [-0.3, -0.25) is 0 Å². The van der Waals surface area contributed by atoms with Crippen LogP contribution in [0.4, 0.5) is 0 Å². The minimum absolute atomic E-state index is 0.319. The molecule has 1 aromatic rings. The summed E-state index contributed by atoms with van der Waals surface area (Å²) in [4.78, 5) is 0. The molecule has 1 aliphatic heterocycles. The van der Waals surface area contributed by atoms with E-state index in [0.717, 1.165) is 25.5 Å². The summed E-state index contributed by atoms with van der Waals surface area (Å²) in [7, 11) is 0. The van der Waals surface area contributed by atoms with E-state index in [1.165, 1.54) is 49.7 Å². The summed E-state index contributed by atoms with van der Waals surface area (Å²) < 4.78 is 6.15. The molecule has 0 bridgehead atoms. The van der Waals surface area contributed by atoms with Gasteiger partial charge in [0.1, 0.15) is 0 Å². The lowest BCUT2D eigenvalue weighted by Gasteiger charge is -2.32. The van der Waals surface area contributed by atoms with E-state index in [4.69, 9.17) is 4.74 Å². The summed E-state index contributed by atoms with van der Waals surface area (Å²) in [5.74, 6) is 0.767. The molecule has 0 radical (unpaired) electrons. The Hall–Kier alpha value is -0.860. The van der Waals surface area contributed by atoms with E-state index in [2.05, 4.69) is 36.5 Å². The highest BCUT2D eigenvalue weighted by Crippen LogP contribution is 2.36. The largest absolute Gasteiger partial charge is 0.373 e. The van der Waals surface area contributed by atoms with Crippen LogP contribution >= 0.6 is 0 Å². The molecular weight excluding hydrogens is 258 g/mol. The van der Waals surface area contributed by atoms with E-state index in [0.29, 0.717) is 12.1 Å². The second kappa shape index (κ2) is 7.42. The van der Waals surface area contributed by atoms with E-state index < -0.39 is 0 Å². The van der Waals surface area contributed by atoms with Gasteiger partial charge in [-0.05, 0) is 49.3 Å². The maximum Gasteiger partial charge on any atom is 0.0831 e. The summed E-state index contributed by atoms with van der Waals surface area (Å²) in [5, 5.41) is 3.73. The normalized spacial score (nSPS) is 29.7. The van der Waals surface area contributed by atoms with Crippen molar-refractivity contribution in [3.63, 3.8) is 0 Å². The van der Waals surface area contributed by atoms with Gasteiger partial charge in [0.05, 0.1) is 12.7 Å². The molecule has 3 unspecified atom stereocenters. The topological polar surface area (TPSA) is 21.3 Å². The van der Waals surface area contributed by atoms with E-state index in [-0.39, 0.29) is 0 Å². The van der Waals surface area contributed by atoms with Gasteiger partial charge in [-0.1, -0.05) is 50.5 Å². The first-order valence-electron chi connectivity index (χ1n) is 8.81. The first kappa shape index (κ1) is 15.1. The molecule has 116 valence electrons. The van der Waals surface area contributed by atoms with Crippen molar-refractivity contribution in [2.75, 3.05) is 13.2 Å². The average Bonchev–Trinajstić information content (AvgIpc) is 2.74. The molecule has 1 saturated carbocycles. The average molecular weight is 287 g/mol. The molecule has 0 saturated heterocycles. The summed E-state index contributed by atoms with van der Waals surface area (Å²) in [5.41, 5.74) is 2.95. The van der Waals surface area contributed by atoms with Crippen LogP contribution in [0.2, 0.25) is 0 Å². The Labute approximate surface area is 129 Å². The number of ether oxygens (including phenoxy) is 1. The molecule has 21 heavy (non-hydrogen) atoms. The van der Waals surface area contributed by atoms with Gasteiger partial charge in [0, 0.05) is 6.04 Å². The predicted molar refractivity (Wildman–Crippen MR) is 87.5 cm³/mol. The summed E-state index contributed by atoms with van der Waals surface area (Å²) in [6, 6.07) is 9.57. The van der Waals surface area contributed by atoms with Crippen LogP contribution in [0.1, 0.15) is 62.7 Å². The number of hydrogen-bond donors (Lipinski definition) is 1. The highest BCUT2D eigenvalue weighted by atomic mass is 16.5. The third kappa shape index (κ3) is 3.67. The molecule has 2 heteroatoms. The lowest BCUT2D eigenvalue weighted by Crippen LogP contribution is -2.36. The lowest BCUT2D eigenvalue weighted by molar-refractivity contribution is 0.0201. The van der Waals surface area contributed by atoms with Gasteiger partial charge in [0.2, 0.25) is 0 Å². The number of nitrogens with one attached hydrogen (secondary N) is 1. The van der Waals surface area contributed by atoms with Crippen molar-refractivity contribution in [3.05, 3.63) is 35.4 Å². The smallest absolute Gasteiger partial charge is 0.0831 e. The van der Waals surface area contributed by atoms with Crippen molar-refractivity contribution < 1.29 is 4.74 Å². The minimum atomic E-state index is 0.319. The highest BCUT2D eigenvalue weighted by molar-refractivity contribution is 5.30. The molecule has 1 N–H and O–H groups in total. The number of benzene rings is 1. The van der Waals surface area contributed by atoms with Crippen LogP contribution in [0.25, 0.3) is 0 Å². The van der Waals surface area contributed by atoms with Crippen LogP contribution in [0, 0.1) is 5.92 Å². The van der Waals surface area contributed by atoms with Crippen LogP contribution in [0.15, 0.2) is 24.3 Å². The molecule has 0 spiro atoms. The fourth-order valence-corrected chi connectivity index (χ4v) is 4.14. The zero-order chi connectivity index (χ0) is 14.5. The van der Waals surface area contributed by atoms with Crippen molar-refractivity contribution in [1.29, 1.82) is 0 Å². The molecule has 1 fully saturated rings. The SMILES string of the molecule is CCNC1CCCCCC1CC1OCCc2ccccc21. The summed E-state index contributed by atoms with van der Waals surface area (Å²) in [6.07, 6.45) is 9.46. The molecule has 3 rings (SSSR count). The van der Waals surface area contributed by atoms with Gasteiger partial charge >= 0.3 is 0 Å². The van der Waals surface area contributed by atoms with Crippen molar-refractivity contribution in [2.24, 2.45) is 5.92 Å². The van der Waals surface area contributed by atoms with Crippen LogP contribution < -0.4 is 5.32 Å². The predicted octanol–water partition coefficient (Wildman–Crippen LogP) is 4.25. The van der Waals surface area contributed by atoms with Gasteiger partial charge < -0.3 is 10.1 Å². The van der Waals surface area contributed by atoms with Gasteiger partial charge in [0.15, 0.2) is 0 Å². The van der Waals surface area contributed by atoms with Gasteiger partial charge in [-0.25, -0.2) is 0 Å². The van der Waals surface area contributed by atoms with E-state index in [1.807, 2.05) is 0 Å². The molecule has 0 aromatic heterocycles. The van der Waals surface area contributed by atoms with E-state index in [1.54, 1.807) is 0 Å². The van der Waals surface area contributed by atoms with Crippen molar-refractivity contribution >= 4 is 0 Å². The Morgan fingerprint density at radius 1 is 1.14 bits per heavy atom. The Morgan fingerprint density at radius 3 is 2.90 bits per heavy atom. The number of fused-ring (bicyclic) bond motifs is 1. The monoisotopic (exact) mass is 287 g/mol. The first-order valence-corrected chi connectivity index (χ1v) is 8.81. The van der Waals surface area contributed by atoms with Crippen LogP contribution in [-0.4, -0.2) is 19.2 Å². The molecule has 1 heterocycles. The molecule has 1 aliphatic carbocycles. The maximum atomic E-state index is 6.15. The van der Waals surface area contributed by atoms with Crippen molar-refractivity contribution in [2.45, 2.75) is 64.0 Å². The number of hydrogen-bond acceptors (Lipinski definition) is 2. The zero-order valence-corrected chi connectivity index (χ0v) is 13.3. The van der Waals surface area contributed by atoms with Crippen molar-refractivity contribution in [3.8, 4) is 0 Å². The quantitative estimate of drug-likeness (QED) is 0.836. The summed E-state index contributed by atoms with van der Waals surface area (Å²) >= 11 is 0. The van der Waals surface area contributed by atoms with Gasteiger partial charge in [-0.2, -0.15) is 0 Å². The van der Waals surface area contributed by atoms with Crippen molar-refractivity contribution in [1.82, 2.24) is 5.32 Å². The molecule has 1 aromatic carbocycles.